The van der Waals surface area contributed by atoms with Crippen LogP contribution in [0.2, 0.25) is 0 Å². The third-order valence-corrected chi connectivity index (χ3v) is 6.14. The van der Waals surface area contributed by atoms with Gasteiger partial charge in [-0.15, -0.1) is 0 Å². The molecule has 2 heterocycles. The number of carbonyl (C=O) groups excluding carboxylic acids is 1. The third-order valence-electron chi connectivity index (χ3n) is 3.73. The van der Waals surface area contributed by atoms with Crippen LogP contribution >= 0.6 is 0 Å². The van der Waals surface area contributed by atoms with E-state index in [1.165, 1.54) is 4.31 Å². The molecule has 0 spiro atoms. The lowest BCUT2D eigenvalue weighted by atomic mass is 10.0. The van der Waals surface area contributed by atoms with Gasteiger partial charge in [0, 0.05) is 33.6 Å². The molecule has 0 unspecified atom stereocenters. The van der Waals surface area contributed by atoms with E-state index in [4.69, 9.17) is 0 Å². The Labute approximate surface area is 96.5 Å². The van der Waals surface area contributed by atoms with Crippen LogP contribution in [0.3, 0.4) is 0 Å². The summed E-state index contributed by atoms with van der Waals surface area (Å²) in [5.74, 6) is 0.241. The van der Waals surface area contributed by atoms with Crippen LogP contribution in [0.1, 0.15) is 19.8 Å². The van der Waals surface area contributed by atoms with Gasteiger partial charge in [0.05, 0.1) is 5.25 Å². The van der Waals surface area contributed by atoms with Gasteiger partial charge in [-0.05, 0) is 18.8 Å². The molecule has 0 radical (unpaired) electrons. The van der Waals surface area contributed by atoms with Gasteiger partial charge in [0.1, 0.15) is 0 Å². The monoisotopic (exact) mass is 246 g/mol. The summed E-state index contributed by atoms with van der Waals surface area (Å²) in [4.78, 5) is 13.0. The van der Waals surface area contributed by atoms with Gasteiger partial charge in [-0.1, -0.05) is 0 Å². The van der Waals surface area contributed by atoms with Crippen molar-refractivity contribution in [1.82, 2.24) is 9.21 Å². The minimum Gasteiger partial charge on any atom is -0.343 e. The summed E-state index contributed by atoms with van der Waals surface area (Å²) < 4.78 is 25.4. The maximum absolute atomic E-state index is 12.0. The summed E-state index contributed by atoms with van der Waals surface area (Å²) in [6.45, 7) is 3.42. The second-order valence-electron chi connectivity index (χ2n) is 4.71. The molecule has 5 nitrogen and oxygen atoms in total. The molecule has 0 bridgehead atoms. The van der Waals surface area contributed by atoms with Crippen LogP contribution in [0.4, 0.5) is 0 Å². The van der Waals surface area contributed by atoms with Gasteiger partial charge in [-0.25, -0.2) is 12.7 Å². The molecule has 16 heavy (non-hydrogen) atoms. The molecule has 0 aromatic rings. The first-order valence-corrected chi connectivity index (χ1v) is 7.14. The van der Waals surface area contributed by atoms with Crippen LogP contribution in [0, 0.1) is 5.92 Å². The highest BCUT2D eigenvalue weighted by molar-refractivity contribution is 7.90. The molecule has 0 aromatic heterocycles. The van der Waals surface area contributed by atoms with Crippen molar-refractivity contribution in [3.05, 3.63) is 0 Å². The van der Waals surface area contributed by atoms with Gasteiger partial charge in [0.25, 0.3) is 0 Å². The highest BCUT2D eigenvalue weighted by Crippen LogP contribution is 2.33. The normalized spacial score (nSPS) is 34.5. The Morgan fingerprint density at radius 2 is 1.88 bits per heavy atom. The first-order valence-electron chi connectivity index (χ1n) is 5.63. The molecule has 2 fully saturated rings. The summed E-state index contributed by atoms with van der Waals surface area (Å²) in [6.07, 6.45) is 1.38. The van der Waals surface area contributed by atoms with Crippen LogP contribution < -0.4 is 0 Å². The SMILES string of the molecule is CC(=O)N1CC[C@H]2CN(C)S(=O)(=O)[C@H]2CC1. The standard InChI is InChI=1S/C10H18N2O3S/c1-8(13)12-5-3-9-7-11(2)16(14,15)10(9)4-6-12/h9-10H,3-7H2,1-2H3/t9-,10-/m0/s1. The van der Waals surface area contributed by atoms with E-state index in [-0.39, 0.29) is 17.1 Å². The van der Waals surface area contributed by atoms with Crippen molar-refractivity contribution in [3.8, 4) is 0 Å². The predicted molar refractivity (Wildman–Crippen MR) is 60.3 cm³/mol. The minimum atomic E-state index is -3.10. The molecular formula is C10H18N2O3S. The van der Waals surface area contributed by atoms with E-state index in [1.807, 2.05) is 0 Å². The molecule has 0 N–H and O–H groups in total. The largest absolute Gasteiger partial charge is 0.343 e. The Hall–Kier alpha value is -0.620. The molecule has 0 saturated carbocycles. The Balaban J connectivity index is 2.16. The Bertz CT molecular complexity index is 393. The van der Waals surface area contributed by atoms with Gasteiger partial charge in [-0.3, -0.25) is 4.79 Å². The van der Waals surface area contributed by atoms with Crippen LogP contribution in [-0.4, -0.2) is 55.5 Å². The smallest absolute Gasteiger partial charge is 0.219 e. The molecule has 0 aromatic carbocycles. The Morgan fingerprint density at radius 1 is 1.25 bits per heavy atom. The highest BCUT2D eigenvalue weighted by Gasteiger charge is 2.45. The second-order valence-corrected chi connectivity index (χ2v) is 6.97. The lowest BCUT2D eigenvalue weighted by molar-refractivity contribution is -0.128. The number of hydrogen-bond acceptors (Lipinski definition) is 3. The highest BCUT2D eigenvalue weighted by atomic mass is 32.2. The molecule has 92 valence electrons. The van der Waals surface area contributed by atoms with E-state index in [0.717, 1.165) is 6.42 Å². The number of amides is 1. The maximum Gasteiger partial charge on any atom is 0.219 e. The summed E-state index contributed by atoms with van der Waals surface area (Å²) in [5, 5.41) is -0.276. The van der Waals surface area contributed by atoms with Gasteiger partial charge >= 0.3 is 0 Å². The predicted octanol–water partition coefficient (Wildman–Crippen LogP) is -0.111. The Morgan fingerprint density at radius 3 is 2.50 bits per heavy atom. The van der Waals surface area contributed by atoms with Gasteiger partial charge in [0.15, 0.2) is 0 Å². The van der Waals surface area contributed by atoms with Crippen molar-refractivity contribution in [2.45, 2.75) is 25.0 Å². The summed E-state index contributed by atoms with van der Waals surface area (Å²) in [7, 11) is -1.46. The van der Waals surface area contributed by atoms with E-state index in [2.05, 4.69) is 0 Å². The topological polar surface area (TPSA) is 57.7 Å². The van der Waals surface area contributed by atoms with E-state index < -0.39 is 10.0 Å². The van der Waals surface area contributed by atoms with E-state index in [9.17, 15) is 13.2 Å². The van der Waals surface area contributed by atoms with Gasteiger partial charge in [-0.2, -0.15) is 0 Å². The zero-order chi connectivity index (χ0) is 11.9. The van der Waals surface area contributed by atoms with Crippen molar-refractivity contribution in [2.75, 3.05) is 26.7 Å². The Kier molecular flexibility index (Phi) is 2.96. The number of sulfonamides is 1. The fourth-order valence-corrected chi connectivity index (χ4v) is 4.69. The third kappa shape index (κ3) is 1.84. The molecule has 1 amide bonds. The van der Waals surface area contributed by atoms with E-state index in [1.54, 1.807) is 18.9 Å². The lowest BCUT2D eigenvalue weighted by Gasteiger charge is -2.19. The van der Waals surface area contributed by atoms with Gasteiger partial charge in [0.2, 0.25) is 15.9 Å². The zero-order valence-corrected chi connectivity index (χ0v) is 10.5. The summed E-state index contributed by atoms with van der Waals surface area (Å²) in [6, 6.07) is 0. The fourth-order valence-electron chi connectivity index (χ4n) is 2.72. The average Bonchev–Trinajstić information content (AvgIpc) is 2.40. The van der Waals surface area contributed by atoms with Gasteiger partial charge < -0.3 is 4.90 Å². The molecule has 2 atom stereocenters. The van der Waals surface area contributed by atoms with Crippen molar-refractivity contribution >= 4 is 15.9 Å². The van der Waals surface area contributed by atoms with Crippen molar-refractivity contribution in [3.63, 3.8) is 0 Å². The molecule has 2 rings (SSSR count). The van der Waals surface area contributed by atoms with Crippen molar-refractivity contribution < 1.29 is 13.2 Å². The first-order chi connectivity index (χ1) is 7.43. The van der Waals surface area contributed by atoms with E-state index in [0.29, 0.717) is 26.1 Å². The van der Waals surface area contributed by atoms with Crippen LogP contribution in [-0.2, 0) is 14.8 Å². The van der Waals surface area contributed by atoms with Crippen LogP contribution in [0.5, 0.6) is 0 Å². The number of rotatable bonds is 0. The molecule has 2 saturated heterocycles. The summed E-state index contributed by atoms with van der Waals surface area (Å²) >= 11 is 0. The minimum absolute atomic E-state index is 0.0470. The fraction of sp³-hybridized carbons (Fsp3) is 0.900. The zero-order valence-electron chi connectivity index (χ0n) is 9.72. The number of likely N-dealkylation sites (tertiary alicyclic amines) is 1. The maximum atomic E-state index is 12.0. The quantitative estimate of drug-likeness (QED) is 0.599. The van der Waals surface area contributed by atoms with E-state index >= 15 is 0 Å². The first kappa shape index (κ1) is 11.9. The number of carbonyl (C=O) groups is 1. The molecule has 2 aliphatic rings. The molecular weight excluding hydrogens is 228 g/mol. The molecule has 6 heteroatoms. The van der Waals surface area contributed by atoms with Crippen LogP contribution in [0.25, 0.3) is 0 Å². The van der Waals surface area contributed by atoms with Crippen LogP contribution in [0.15, 0.2) is 0 Å². The van der Waals surface area contributed by atoms with Crippen molar-refractivity contribution in [1.29, 1.82) is 0 Å². The number of hydrogen-bond donors (Lipinski definition) is 0. The lowest BCUT2D eigenvalue weighted by Crippen LogP contribution is -2.32. The average molecular weight is 246 g/mol. The second kappa shape index (κ2) is 4.00. The molecule has 2 aliphatic heterocycles. The summed E-state index contributed by atoms with van der Waals surface area (Å²) in [5.41, 5.74) is 0. The number of fused-ring (bicyclic) bond motifs is 1. The van der Waals surface area contributed by atoms with Crippen molar-refractivity contribution in [2.24, 2.45) is 5.92 Å². The number of nitrogens with zero attached hydrogens (tertiary/aromatic N) is 2. The molecule has 0 aliphatic carbocycles.